The van der Waals surface area contributed by atoms with E-state index in [0.29, 0.717) is 28.7 Å². The third kappa shape index (κ3) is 5.90. The molecule has 39 heavy (non-hydrogen) atoms. The number of hydrogen-bond donors (Lipinski definition) is 2. The van der Waals surface area contributed by atoms with E-state index in [1.807, 2.05) is 0 Å². The maximum atomic E-state index is 13.1. The van der Waals surface area contributed by atoms with Crippen LogP contribution in [-0.4, -0.2) is 62.1 Å². The summed E-state index contributed by atoms with van der Waals surface area (Å²) in [5.41, 5.74) is 5.31. The summed E-state index contributed by atoms with van der Waals surface area (Å²) in [5, 5.41) is 13.0. The number of nitrogens with zero attached hydrogens (tertiary/aromatic N) is 6. The number of carboxylic acids is 1. The number of aldehydes is 1. The van der Waals surface area contributed by atoms with Crippen molar-refractivity contribution in [3.05, 3.63) is 64.7 Å². The van der Waals surface area contributed by atoms with Gasteiger partial charge in [-0.15, -0.1) is 0 Å². The molecule has 0 aliphatic heterocycles. The number of benzene rings is 1. The molecule has 0 atom stereocenters. The van der Waals surface area contributed by atoms with E-state index in [9.17, 15) is 32.7 Å². The number of carbonyl (C=O) groups excluding carboxylic acids is 2. The highest BCUT2D eigenvalue weighted by molar-refractivity contribution is 6.06. The highest BCUT2D eigenvalue weighted by Gasteiger charge is 2.33. The van der Waals surface area contributed by atoms with E-state index in [1.165, 1.54) is 32.1 Å². The Balaban J connectivity index is 0.00000205. The largest absolute Gasteiger partial charge is 0.476 e. The van der Waals surface area contributed by atoms with Gasteiger partial charge >= 0.3 is 12.1 Å². The van der Waals surface area contributed by atoms with E-state index in [4.69, 9.17) is 0 Å². The summed E-state index contributed by atoms with van der Waals surface area (Å²) < 4.78 is 40.2. The lowest BCUT2D eigenvalue weighted by molar-refractivity contribution is -0.141. The minimum atomic E-state index is -4.59. The van der Waals surface area contributed by atoms with Gasteiger partial charge in [0.15, 0.2) is 11.5 Å². The number of rotatable bonds is 6. The second kappa shape index (κ2) is 11.3. The first-order valence-corrected chi connectivity index (χ1v) is 11.3. The van der Waals surface area contributed by atoms with Gasteiger partial charge in [0, 0.05) is 24.4 Å². The molecule has 0 bridgehead atoms. The minimum Gasteiger partial charge on any atom is -0.476 e. The molecule has 4 aromatic rings. The van der Waals surface area contributed by atoms with Crippen LogP contribution in [0.1, 0.15) is 37.8 Å². The molecule has 0 aliphatic carbocycles. The number of pyridine rings is 1. The maximum Gasteiger partial charge on any atom is 0.433 e. The van der Waals surface area contributed by atoms with Crippen LogP contribution in [0.25, 0.3) is 22.4 Å². The third-order valence-corrected chi connectivity index (χ3v) is 5.61. The molecule has 204 valence electrons. The smallest absolute Gasteiger partial charge is 0.433 e. The van der Waals surface area contributed by atoms with Crippen LogP contribution in [-0.2, 0) is 17.5 Å². The molecule has 0 saturated carbocycles. The second-order valence-electron chi connectivity index (χ2n) is 8.18. The van der Waals surface area contributed by atoms with Crippen molar-refractivity contribution in [1.29, 1.82) is 0 Å². The molecule has 0 spiro atoms. The van der Waals surface area contributed by atoms with E-state index in [2.05, 4.69) is 25.8 Å². The molecule has 0 fully saturated rings. The second-order valence-corrected chi connectivity index (χ2v) is 8.18. The van der Waals surface area contributed by atoms with Crippen LogP contribution in [0.3, 0.4) is 0 Å². The Labute approximate surface area is 220 Å². The van der Waals surface area contributed by atoms with Gasteiger partial charge in [0.2, 0.25) is 0 Å². The van der Waals surface area contributed by atoms with Crippen LogP contribution >= 0.6 is 0 Å². The molecule has 0 saturated heterocycles. The fraction of sp³-hybridized carbons (Fsp3) is 0.240. The summed E-state index contributed by atoms with van der Waals surface area (Å²) in [5.74, 6) is -1.66. The molecule has 0 aliphatic rings. The Morgan fingerprint density at radius 1 is 1.10 bits per heavy atom. The molecule has 3 heterocycles. The maximum absolute atomic E-state index is 13.1. The van der Waals surface area contributed by atoms with Crippen LogP contribution in [0.5, 0.6) is 0 Å². The first-order valence-electron chi connectivity index (χ1n) is 11.3. The average Bonchev–Trinajstić information content (AvgIpc) is 3.33. The van der Waals surface area contributed by atoms with Gasteiger partial charge in [-0.3, -0.25) is 9.48 Å². The number of hydrogen-bond acceptors (Lipinski definition) is 8. The van der Waals surface area contributed by atoms with Crippen LogP contribution in [0.4, 0.5) is 18.9 Å². The lowest BCUT2D eigenvalue weighted by atomic mass is 10.1. The summed E-state index contributed by atoms with van der Waals surface area (Å²) in [6.45, 7) is 2.95. The monoisotopic (exact) mass is 543 g/mol. The van der Waals surface area contributed by atoms with Gasteiger partial charge in [0.05, 0.1) is 18.3 Å². The minimum absolute atomic E-state index is 0.0161. The first kappa shape index (κ1) is 28.8. The predicted molar refractivity (Wildman–Crippen MR) is 135 cm³/mol. The number of aromatic carboxylic acids is 1. The SMILES string of the molecule is CN.Cc1cc(-c2ncc3nc(C(F)(F)F)cc(C)c3n2)ccc1N(C)C(=O)c1cc(C(=O)O)nn1CC=O. The summed E-state index contributed by atoms with van der Waals surface area (Å²) >= 11 is 0. The zero-order chi connectivity index (χ0) is 29.1. The molecular weight excluding hydrogens is 519 g/mol. The lowest BCUT2D eigenvalue weighted by Crippen LogP contribution is -2.29. The number of amides is 1. The molecule has 4 rings (SSSR count). The van der Waals surface area contributed by atoms with E-state index in [0.717, 1.165) is 16.8 Å². The van der Waals surface area contributed by atoms with Crippen molar-refractivity contribution in [3.8, 4) is 11.4 Å². The van der Waals surface area contributed by atoms with Gasteiger partial charge in [-0.1, -0.05) is 0 Å². The fourth-order valence-corrected chi connectivity index (χ4v) is 3.82. The summed E-state index contributed by atoms with van der Waals surface area (Å²) in [6.07, 6.45) is -2.86. The van der Waals surface area contributed by atoms with Crippen molar-refractivity contribution in [1.82, 2.24) is 24.7 Å². The number of anilines is 1. The van der Waals surface area contributed by atoms with Crippen molar-refractivity contribution >= 4 is 34.9 Å². The predicted octanol–water partition coefficient (Wildman–Crippen LogP) is 3.27. The van der Waals surface area contributed by atoms with Crippen molar-refractivity contribution < 1.29 is 32.7 Å². The Morgan fingerprint density at radius 2 is 1.79 bits per heavy atom. The molecule has 0 radical (unpaired) electrons. The molecule has 3 N–H and O–H groups in total. The van der Waals surface area contributed by atoms with E-state index in [-0.39, 0.29) is 34.8 Å². The van der Waals surface area contributed by atoms with Gasteiger partial charge in [-0.25, -0.2) is 19.7 Å². The van der Waals surface area contributed by atoms with Gasteiger partial charge in [-0.2, -0.15) is 18.3 Å². The number of carboxylic acid groups (broad SMARTS) is 1. The molecule has 1 amide bonds. The zero-order valence-electron chi connectivity index (χ0n) is 21.3. The molecule has 11 nitrogen and oxygen atoms in total. The van der Waals surface area contributed by atoms with Crippen molar-refractivity contribution in [2.24, 2.45) is 5.73 Å². The van der Waals surface area contributed by atoms with Gasteiger partial charge in [-0.05, 0) is 56.3 Å². The highest BCUT2D eigenvalue weighted by Crippen LogP contribution is 2.31. The summed E-state index contributed by atoms with van der Waals surface area (Å²) in [4.78, 5) is 48.8. The number of nitrogens with two attached hydrogens (primary N) is 1. The van der Waals surface area contributed by atoms with Crippen LogP contribution in [0.2, 0.25) is 0 Å². The van der Waals surface area contributed by atoms with Gasteiger partial charge in [0.1, 0.15) is 23.2 Å². The summed E-state index contributed by atoms with van der Waals surface area (Å²) in [6, 6.07) is 7.01. The van der Waals surface area contributed by atoms with Gasteiger partial charge < -0.3 is 20.5 Å². The molecule has 0 unspecified atom stereocenters. The van der Waals surface area contributed by atoms with E-state index in [1.54, 1.807) is 25.1 Å². The number of aryl methyl sites for hydroxylation is 2. The number of alkyl halides is 3. The van der Waals surface area contributed by atoms with Gasteiger partial charge in [0.25, 0.3) is 5.91 Å². The Hall–Kier alpha value is -4.72. The number of halogens is 3. The Morgan fingerprint density at radius 3 is 2.38 bits per heavy atom. The average molecular weight is 544 g/mol. The topological polar surface area (TPSA) is 157 Å². The number of fused-ring (bicyclic) bond motifs is 1. The van der Waals surface area contributed by atoms with Crippen molar-refractivity contribution in [2.75, 3.05) is 19.0 Å². The van der Waals surface area contributed by atoms with E-state index >= 15 is 0 Å². The zero-order valence-corrected chi connectivity index (χ0v) is 21.3. The normalized spacial score (nSPS) is 11.1. The fourth-order valence-electron chi connectivity index (χ4n) is 3.82. The van der Waals surface area contributed by atoms with Crippen LogP contribution < -0.4 is 10.6 Å². The Kier molecular flexibility index (Phi) is 8.39. The van der Waals surface area contributed by atoms with E-state index < -0.39 is 23.7 Å². The quantitative estimate of drug-likeness (QED) is 0.348. The first-order chi connectivity index (χ1) is 18.4. The van der Waals surface area contributed by atoms with Crippen LogP contribution in [0, 0.1) is 13.8 Å². The molecular formula is C25H24F3N7O4. The summed E-state index contributed by atoms with van der Waals surface area (Å²) in [7, 11) is 2.99. The number of aromatic nitrogens is 5. The highest BCUT2D eigenvalue weighted by atomic mass is 19.4. The van der Waals surface area contributed by atoms with Crippen molar-refractivity contribution in [3.63, 3.8) is 0 Å². The molecule has 1 aromatic carbocycles. The third-order valence-electron chi connectivity index (χ3n) is 5.61. The Bertz CT molecular complexity index is 1570. The van der Waals surface area contributed by atoms with Crippen LogP contribution in [0.15, 0.2) is 36.5 Å². The van der Waals surface area contributed by atoms with Crippen molar-refractivity contribution in [2.45, 2.75) is 26.6 Å². The lowest BCUT2D eigenvalue weighted by Gasteiger charge is -2.20. The molecule has 3 aromatic heterocycles. The molecule has 14 heteroatoms. The number of carbonyl (C=O) groups is 3. The standard InChI is InChI=1S/C24H19F3N6O4.CH5N/c1-12-8-14(21-28-11-16-20(30-21)13(2)9-19(29-16)24(25,26)27)4-5-17(12)32(3)22(35)18-10-15(23(36)37)31-33(18)6-7-34;1-2/h4-5,7-11H,6H2,1-3H3,(H,36,37);2H2,1H3.